The first kappa shape index (κ1) is 16.4. The summed E-state index contributed by atoms with van der Waals surface area (Å²) in [5.74, 6) is 0.131. The van der Waals surface area contributed by atoms with Gasteiger partial charge in [-0.15, -0.1) is 11.8 Å². The zero-order valence-electron chi connectivity index (χ0n) is 11.7. The third-order valence-electron chi connectivity index (χ3n) is 2.93. The van der Waals surface area contributed by atoms with E-state index in [2.05, 4.69) is 19.2 Å². The number of hydrogen-bond acceptors (Lipinski definition) is 2. The van der Waals surface area contributed by atoms with Gasteiger partial charge in [-0.3, -0.25) is 0 Å². The van der Waals surface area contributed by atoms with Crippen LogP contribution in [0.2, 0.25) is 0 Å². The topological polar surface area (TPSA) is 12.0 Å². The molecule has 0 bridgehead atoms. The van der Waals surface area contributed by atoms with Crippen LogP contribution in [-0.4, -0.2) is 18.3 Å². The molecule has 0 radical (unpaired) electrons. The molecule has 1 aromatic rings. The van der Waals surface area contributed by atoms with E-state index in [1.165, 1.54) is 23.9 Å². The molecule has 0 fully saturated rings. The molecule has 0 heterocycles. The molecular weight excluding hydrogens is 264 g/mol. The lowest BCUT2D eigenvalue weighted by Gasteiger charge is -2.12. The van der Waals surface area contributed by atoms with Crippen LogP contribution < -0.4 is 5.32 Å². The molecule has 1 nitrogen and oxygen atoms in total. The summed E-state index contributed by atoms with van der Waals surface area (Å²) in [4.78, 5) is 0.414. The van der Waals surface area contributed by atoms with Crippen LogP contribution in [0.25, 0.3) is 0 Å². The lowest BCUT2D eigenvalue weighted by molar-refractivity contribution is 0.496. The normalized spacial score (nSPS) is 12.6. The molecule has 0 saturated carbocycles. The Morgan fingerprint density at radius 3 is 2.79 bits per heavy atom. The Labute approximate surface area is 119 Å². The third kappa shape index (κ3) is 6.92. The van der Waals surface area contributed by atoms with Crippen molar-refractivity contribution in [1.82, 2.24) is 5.32 Å². The van der Waals surface area contributed by atoms with Crippen molar-refractivity contribution in [2.45, 2.75) is 50.5 Å². The smallest absolute Gasteiger partial charge is 0.136 e. The highest BCUT2D eigenvalue weighted by atomic mass is 32.2. The molecule has 4 heteroatoms. The third-order valence-corrected chi connectivity index (χ3v) is 4.04. The minimum atomic E-state index is -0.374. The van der Waals surface area contributed by atoms with Gasteiger partial charge in [0.2, 0.25) is 0 Å². The maximum absolute atomic E-state index is 13.3. The summed E-state index contributed by atoms with van der Waals surface area (Å²) in [5.41, 5.74) is 0. The van der Waals surface area contributed by atoms with Crippen LogP contribution in [0.4, 0.5) is 8.78 Å². The maximum atomic E-state index is 13.3. The van der Waals surface area contributed by atoms with E-state index in [-0.39, 0.29) is 11.6 Å². The van der Waals surface area contributed by atoms with Gasteiger partial charge in [0.1, 0.15) is 11.6 Å². The van der Waals surface area contributed by atoms with Crippen LogP contribution in [0.1, 0.15) is 39.5 Å². The number of nitrogens with one attached hydrogen (secondary N) is 1. The lowest BCUT2D eigenvalue weighted by atomic mass is 10.1. The summed E-state index contributed by atoms with van der Waals surface area (Å²) in [6.07, 6.45) is 4.42. The Hall–Kier alpha value is -0.610. The van der Waals surface area contributed by atoms with Gasteiger partial charge in [0.05, 0.1) is 0 Å². The summed E-state index contributed by atoms with van der Waals surface area (Å²) >= 11 is 1.40. The predicted molar refractivity (Wildman–Crippen MR) is 78.7 cm³/mol. The van der Waals surface area contributed by atoms with Gasteiger partial charge in [-0.1, -0.05) is 13.3 Å². The Morgan fingerprint density at radius 2 is 2.05 bits per heavy atom. The molecule has 1 rings (SSSR count). The molecule has 0 amide bonds. The van der Waals surface area contributed by atoms with Gasteiger partial charge >= 0.3 is 0 Å². The largest absolute Gasteiger partial charge is 0.314 e. The summed E-state index contributed by atoms with van der Waals surface area (Å²) in [7, 11) is 0. The highest BCUT2D eigenvalue weighted by Crippen LogP contribution is 2.23. The maximum Gasteiger partial charge on any atom is 0.136 e. The zero-order valence-corrected chi connectivity index (χ0v) is 12.5. The number of hydrogen-bond donors (Lipinski definition) is 1. The van der Waals surface area contributed by atoms with Crippen LogP contribution in [0.15, 0.2) is 23.1 Å². The van der Waals surface area contributed by atoms with Crippen LogP contribution in [0.3, 0.4) is 0 Å². The van der Waals surface area contributed by atoms with Gasteiger partial charge in [-0.25, -0.2) is 8.78 Å². The first-order chi connectivity index (χ1) is 9.13. The molecule has 0 aliphatic carbocycles. The van der Waals surface area contributed by atoms with Gasteiger partial charge in [0.15, 0.2) is 0 Å². The Bertz CT molecular complexity index is 371. The van der Waals surface area contributed by atoms with Crippen molar-refractivity contribution in [3.8, 4) is 0 Å². The highest BCUT2D eigenvalue weighted by Gasteiger charge is 2.05. The van der Waals surface area contributed by atoms with E-state index in [9.17, 15) is 8.78 Å². The number of thioether (sulfide) groups is 1. The van der Waals surface area contributed by atoms with Crippen LogP contribution in [0.5, 0.6) is 0 Å². The standard InChI is InChI=1S/C15H23F2NS/c1-3-9-18-12(2)6-4-5-10-19-15-11-13(16)7-8-14(15)17/h7-8,11-12,18H,3-6,9-10H2,1-2H3. The van der Waals surface area contributed by atoms with Crippen molar-refractivity contribution in [3.05, 3.63) is 29.8 Å². The first-order valence-corrected chi connectivity index (χ1v) is 7.93. The highest BCUT2D eigenvalue weighted by molar-refractivity contribution is 7.99. The molecule has 1 aromatic carbocycles. The molecular formula is C15H23F2NS. The fourth-order valence-corrected chi connectivity index (χ4v) is 2.79. The minimum absolute atomic E-state index is 0.329. The second-order valence-electron chi connectivity index (χ2n) is 4.77. The summed E-state index contributed by atoms with van der Waals surface area (Å²) in [5, 5.41) is 3.44. The first-order valence-electron chi connectivity index (χ1n) is 6.94. The molecule has 0 aliphatic rings. The quantitative estimate of drug-likeness (QED) is 0.525. The van der Waals surface area contributed by atoms with E-state index in [0.717, 1.165) is 44.0 Å². The van der Waals surface area contributed by atoms with E-state index in [1.807, 2.05) is 0 Å². The number of benzene rings is 1. The van der Waals surface area contributed by atoms with Gasteiger partial charge in [-0.2, -0.15) is 0 Å². The summed E-state index contributed by atoms with van der Waals surface area (Å²) < 4.78 is 26.3. The van der Waals surface area contributed by atoms with Crippen LogP contribution >= 0.6 is 11.8 Å². The molecule has 108 valence electrons. The van der Waals surface area contributed by atoms with Crippen molar-refractivity contribution in [3.63, 3.8) is 0 Å². The van der Waals surface area contributed by atoms with E-state index in [0.29, 0.717) is 10.9 Å². The van der Waals surface area contributed by atoms with E-state index < -0.39 is 0 Å². The molecule has 1 unspecified atom stereocenters. The average molecular weight is 287 g/mol. The van der Waals surface area contributed by atoms with Gasteiger partial charge in [-0.05, 0) is 56.7 Å². The van der Waals surface area contributed by atoms with E-state index >= 15 is 0 Å². The van der Waals surface area contributed by atoms with Gasteiger partial charge in [0.25, 0.3) is 0 Å². The van der Waals surface area contributed by atoms with Crippen LogP contribution in [-0.2, 0) is 0 Å². The van der Waals surface area contributed by atoms with Gasteiger partial charge < -0.3 is 5.32 Å². The SMILES string of the molecule is CCCNC(C)CCCCSc1cc(F)ccc1F. The van der Waals surface area contributed by atoms with Gasteiger partial charge in [0, 0.05) is 10.9 Å². The molecule has 1 N–H and O–H groups in total. The fraction of sp³-hybridized carbons (Fsp3) is 0.600. The lowest BCUT2D eigenvalue weighted by Crippen LogP contribution is -2.26. The summed E-state index contributed by atoms with van der Waals surface area (Å²) in [6, 6.07) is 4.15. The molecule has 0 aliphatic heterocycles. The molecule has 19 heavy (non-hydrogen) atoms. The molecule has 1 atom stereocenters. The summed E-state index contributed by atoms with van der Waals surface area (Å²) in [6.45, 7) is 5.41. The second kappa shape index (κ2) is 9.32. The molecule has 0 spiro atoms. The predicted octanol–water partition coefficient (Wildman–Crippen LogP) is 4.62. The van der Waals surface area contributed by atoms with Crippen LogP contribution in [0, 0.1) is 11.6 Å². The molecule has 0 saturated heterocycles. The zero-order chi connectivity index (χ0) is 14.1. The minimum Gasteiger partial charge on any atom is -0.314 e. The molecule has 0 aromatic heterocycles. The number of rotatable bonds is 9. The van der Waals surface area contributed by atoms with Crippen molar-refractivity contribution >= 4 is 11.8 Å². The Morgan fingerprint density at radius 1 is 1.26 bits per heavy atom. The van der Waals surface area contributed by atoms with Crippen molar-refractivity contribution < 1.29 is 8.78 Å². The average Bonchev–Trinajstić information content (AvgIpc) is 2.39. The second-order valence-corrected chi connectivity index (χ2v) is 5.91. The van der Waals surface area contributed by atoms with E-state index in [4.69, 9.17) is 0 Å². The van der Waals surface area contributed by atoms with Crippen molar-refractivity contribution in [2.75, 3.05) is 12.3 Å². The van der Waals surface area contributed by atoms with Crippen molar-refractivity contribution in [2.24, 2.45) is 0 Å². The monoisotopic (exact) mass is 287 g/mol. The Kier molecular flexibility index (Phi) is 8.07. The number of halogens is 2. The van der Waals surface area contributed by atoms with Crippen molar-refractivity contribution in [1.29, 1.82) is 0 Å². The number of unbranched alkanes of at least 4 members (excludes halogenated alkanes) is 1. The Balaban J connectivity index is 2.15. The fourth-order valence-electron chi connectivity index (χ4n) is 1.82. The van der Waals surface area contributed by atoms with E-state index in [1.54, 1.807) is 0 Å².